The van der Waals surface area contributed by atoms with Gasteiger partial charge >= 0.3 is 0 Å². The molecular weight excluding hydrogens is 320 g/mol. The van der Waals surface area contributed by atoms with Crippen molar-refractivity contribution < 1.29 is 18.4 Å². The summed E-state index contributed by atoms with van der Waals surface area (Å²) in [5.74, 6) is -1.18. The first kappa shape index (κ1) is 16.5. The van der Waals surface area contributed by atoms with Gasteiger partial charge < -0.3 is 4.74 Å². The highest BCUT2D eigenvalue weighted by Crippen LogP contribution is 2.38. The van der Waals surface area contributed by atoms with Crippen LogP contribution in [0.2, 0.25) is 0 Å². The topological polar surface area (TPSA) is 30.5 Å². The van der Waals surface area contributed by atoms with Gasteiger partial charge in [-0.1, -0.05) is 6.07 Å². The number of hydroxylamine groups is 1. The molecule has 1 aromatic heterocycles. The molecule has 0 aliphatic carbocycles. The van der Waals surface area contributed by atoms with Gasteiger partial charge in [0.25, 0.3) is 0 Å². The number of nitrogens with one attached hydrogen (secondary N) is 1. The fraction of sp³-hybridized carbons (Fsp3) is 0.412. The van der Waals surface area contributed by atoms with Crippen LogP contribution in [0.5, 0.6) is 0 Å². The Morgan fingerprint density at radius 3 is 2.65 bits per heavy atom. The summed E-state index contributed by atoms with van der Waals surface area (Å²) in [5.41, 5.74) is 3.71. The van der Waals surface area contributed by atoms with Crippen molar-refractivity contribution in [3.63, 3.8) is 0 Å². The number of hydrogen-bond acceptors (Lipinski definition) is 4. The monoisotopic (exact) mass is 339 g/mol. The Morgan fingerprint density at radius 2 is 2.09 bits per heavy atom. The quantitative estimate of drug-likeness (QED) is 0.891. The van der Waals surface area contributed by atoms with Gasteiger partial charge in [0.1, 0.15) is 17.2 Å². The van der Waals surface area contributed by atoms with E-state index in [1.807, 2.05) is 25.3 Å². The Morgan fingerprint density at radius 1 is 1.35 bits per heavy atom. The fourth-order valence-electron chi connectivity index (χ4n) is 2.94. The molecule has 124 valence electrons. The summed E-state index contributed by atoms with van der Waals surface area (Å²) in [6.07, 6.45) is 0.791. The predicted octanol–water partition coefficient (Wildman–Crippen LogP) is 4.06. The van der Waals surface area contributed by atoms with Crippen molar-refractivity contribution >= 4 is 11.3 Å². The second-order valence-corrected chi connectivity index (χ2v) is 6.86. The van der Waals surface area contributed by atoms with E-state index in [-0.39, 0.29) is 24.9 Å². The highest BCUT2D eigenvalue weighted by atomic mass is 32.1. The molecule has 2 heterocycles. The first-order valence-corrected chi connectivity index (χ1v) is 8.38. The van der Waals surface area contributed by atoms with Crippen LogP contribution < -0.4 is 5.48 Å². The van der Waals surface area contributed by atoms with Gasteiger partial charge in [0.05, 0.1) is 19.3 Å². The summed E-state index contributed by atoms with van der Waals surface area (Å²) in [6, 6.07) is 5.86. The Bertz CT molecular complexity index is 671. The SMILES string of the molecule is Cc1ccsc1C1(COCc2c(F)cccc2F)CC(C)ON1. The highest BCUT2D eigenvalue weighted by molar-refractivity contribution is 7.10. The lowest BCUT2D eigenvalue weighted by molar-refractivity contribution is -0.0127. The summed E-state index contributed by atoms with van der Waals surface area (Å²) in [6.45, 7) is 4.19. The average molecular weight is 339 g/mol. The molecular formula is C17H19F2NO2S. The molecule has 1 saturated heterocycles. The van der Waals surface area contributed by atoms with E-state index in [0.717, 1.165) is 16.9 Å². The summed E-state index contributed by atoms with van der Waals surface area (Å²) < 4.78 is 33.1. The van der Waals surface area contributed by atoms with E-state index in [4.69, 9.17) is 9.57 Å². The number of hydrogen-bond donors (Lipinski definition) is 1. The van der Waals surface area contributed by atoms with Crippen molar-refractivity contribution in [2.24, 2.45) is 0 Å². The van der Waals surface area contributed by atoms with Crippen molar-refractivity contribution in [1.82, 2.24) is 5.48 Å². The second-order valence-electron chi connectivity index (χ2n) is 5.94. The maximum atomic E-state index is 13.7. The van der Waals surface area contributed by atoms with Gasteiger partial charge in [-0.3, -0.25) is 4.84 Å². The van der Waals surface area contributed by atoms with E-state index < -0.39 is 17.2 Å². The molecule has 0 amide bonds. The van der Waals surface area contributed by atoms with Crippen LogP contribution >= 0.6 is 11.3 Å². The molecule has 0 bridgehead atoms. The smallest absolute Gasteiger partial charge is 0.131 e. The molecule has 3 nitrogen and oxygen atoms in total. The van der Waals surface area contributed by atoms with Crippen molar-refractivity contribution in [1.29, 1.82) is 0 Å². The average Bonchev–Trinajstić information content (AvgIpc) is 3.09. The first-order chi connectivity index (χ1) is 11.0. The normalized spacial score (nSPS) is 24.3. The van der Waals surface area contributed by atoms with E-state index in [2.05, 4.69) is 5.48 Å². The number of ether oxygens (including phenoxy) is 1. The van der Waals surface area contributed by atoms with Gasteiger partial charge in [0.2, 0.25) is 0 Å². The van der Waals surface area contributed by atoms with Crippen LogP contribution in [0.4, 0.5) is 8.78 Å². The van der Waals surface area contributed by atoms with Crippen LogP contribution in [-0.4, -0.2) is 12.7 Å². The van der Waals surface area contributed by atoms with Gasteiger partial charge in [0.15, 0.2) is 0 Å². The molecule has 1 aliphatic heterocycles. The lowest BCUT2D eigenvalue weighted by Crippen LogP contribution is -2.40. The van der Waals surface area contributed by atoms with Crippen LogP contribution in [0.25, 0.3) is 0 Å². The highest BCUT2D eigenvalue weighted by Gasteiger charge is 2.42. The third kappa shape index (κ3) is 3.30. The minimum absolute atomic E-state index is 0.0440. The van der Waals surface area contributed by atoms with E-state index in [0.29, 0.717) is 0 Å². The molecule has 2 unspecified atom stereocenters. The molecule has 0 saturated carbocycles. The van der Waals surface area contributed by atoms with E-state index in [1.54, 1.807) is 11.3 Å². The molecule has 0 spiro atoms. The van der Waals surface area contributed by atoms with Crippen molar-refractivity contribution in [3.05, 3.63) is 57.3 Å². The second kappa shape index (κ2) is 6.65. The van der Waals surface area contributed by atoms with Gasteiger partial charge in [-0.2, -0.15) is 5.48 Å². The van der Waals surface area contributed by atoms with E-state index in [1.165, 1.54) is 18.2 Å². The molecule has 1 aromatic carbocycles. The fourth-order valence-corrected chi connectivity index (χ4v) is 4.01. The number of halogens is 2. The Balaban J connectivity index is 1.75. The molecule has 2 atom stereocenters. The van der Waals surface area contributed by atoms with Crippen molar-refractivity contribution in [3.8, 4) is 0 Å². The number of thiophene rings is 1. The zero-order valence-corrected chi connectivity index (χ0v) is 13.9. The van der Waals surface area contributed by atoms with Gasteiger partial charge in [-0.05, 0) is 43.0 Å². The molecule has 1 aliphatic rings. The van der Waals surface area contributed by atoms with Crippen molar-refractivity contribution in [2.75, 3.05) is 6.61 Å². The van der Waals surface area contributed by atoms with E-state index >= 15 is 0 Å². The first-order valence-electron chi connectivity index (χ1n) is 7.50. The van der Waals surface area contributed by atoms with Gasteiger partial charge in [0, 0.05) is 16.9 Å². The lowest BCUT2D eigenvalue weighted by Gasteiger charge is -2.27. The number of rotatable bonds is 5. The molecule has 23 heavy (non-hydrogen) atoms. The number of aryl methyl sites for hydroxylation is 1. The number of benzene rings is 1. The van der Waals surface area contributed by atoms with Gasteiger partial charge in [-0.25, -0.2) is 8.78 Å². The van der Waals surface area contributed by atoms with Crippen LogP contribution in [-0.2, 0) is 21.7 Å². The Labute approximate surface area is 138 Å². The molecule has 1 fully saturated rings. The van der Waals surface area contributed by atoms with Crippen LogP contribution in [0.15, 0.2) is 29.6 Å². The Hall–Kier alpha value is -1.34. The maximum absolute atomic E-state index is 13.7. The zero-order valence-electron chi connectivity index (χ0n) is 13.1. The molecule has 1 N–H and O–H groups in total. The molecule has 3 rings (SSSR count). The lowest BCUT2D eigenvalue weighted by atomic mass is 9.91. The van der Waals surface area contributed by atoms with Crippen LogP contribution in [0.3, 0.4) is 0 Å². The molecule has 0 radical (unpaired) electrons. The molecule has 6 heteroatoms. The summed E-state index contributed by atoms with van der Waals surface area (Å²) in [5, 5.41) is 2.02. The van der Waals surface area contributed by atoms with Gasteiger partial charge in [-0.15, -0.1) is 11.3 Å². The van der Waals surface area contributed by atoms with Crippen LogP contribution in [0, 0.1) is 18.6 Å². The minimum Gasteiger partial charge on any atom is -0.374 e. The minimum atomic E-state index is -0.588. The van der Waals surface area contributed by atoms with E-state index in [9.17, 15) is 8.78 Å². The summed E-state index contributed by atoms with van der Waals surface area (Å²) in [4.78, 5) is 6.66. The predicted molar refractivity (Wildman–Crippen MR) is 85.0 cm³/mol. The summed E-state index contributed by atoms with van der Waals surface area (Å²) >= 11 is 1.63. The third-order valence-electron chi connectivity index (χ3n) is 4.04. The maximum Gasteiger partial charge on any atom is 0.131 e. The molecule has 2 aromatic rings. The van der Waals surface area contributed by atoms with Crippen LogP contribution in [0.1, 0.15) is 29.3 Å². The Kier molecular flexibility index (Phi) is 4.77. The zero-order chi connectivity index (χ0) is 16.4. The summed E-state index contributed by atoms with van der Waals surface area (Å²) in [7, 11) is 0. The standard InChI is InChI=1S/C17H19F2NO2S/c1-11-6-7-23-16(11)17(8-12(2)22-20-17)10-21-9-13-14(18)4-3-5-15(13)19/h3-7,12,20H,8-10H2,1-2H3. The largest absolute Gasteiger partial charge is 0.374 e. The third-order valence-corrected chi connectivity index (χ3v) is 5.27. The van der Waals surface area contributed by atoms with Crippen molar-refractivity contribution in [2.45, 2.75) is 38.5 Å².